The Morgan fingerprint density at radius 2 is 2.05 bits per heavy atom. The molecule has 1 aliphatic carbocycles. The van der Waals surface area contributed by atoms with Crippen LogP contribution in [-0.4, -0.2) is 21.5 Å². The molecule has 0 saturated heterocycles. The molecule has 0 atom stereocenters. The lowest BCUT2D eigenvalue weighted by Crippen LogP contribution is -2.39. The highest BCUT2D eigenvalue weighted by Crippen LogP contribution is 2.17. The fourth-order valence-electron chi connectivity index (χ4n) is 2.58. The molecule has 0 radical (unpaired) electrons. The number of hydrogen-bond acceptors (Lipinski definition) is 3. The average Bonchev–Trinajstić information content (AvgIpc) is 2.68. The number of halogens is 1. The van der Waals surface area contributed by atoms with Gasteiger partial charge in [0.05, 0.1) is 3.57 Å². The van der Waals surface area contributed by atoms with Gasteiger partial charge in [-0.25, -0.2) is 4.98 Å². The van der Waals surface area contributed by atoms with Crippen LogP contribution in [0, 0.1) is 10.5 Å². The number of carbonyl (C=O) groups is 1. The standard InChI is InChI=1S/C14H20IN3O2/c1-10-16-8-12(15)14(20)18(10)9-13(19)17-11-6-4-2-3-5-7-11/h8,11H,2-7,9H2,1H3,(H,17,19). The summed E-state index contributed by atoms with van der Waals surface area (Å²) in [6.45, 7) is 1.81. The summed E-state index contributed by atoms with van der Waals surface area (Å²) < 4.78 is 1.98. The number of aromatic nitrogens is 2. The van der Waals surface area contributed by atoms with Crippen molar-refractivity contribution in [2.75, 3.05) is 0 Å². The van der Waals surface area contributed by atoms with Crippen molar-refractivity contribution in [2.45, 2.75) is 58.0 Å². The minimum absolute atomic E-state index is 0.0605. The third kappa shape index (κ3) is 4.04. The van der Waals surface area contributed by atoms with Gasteiger partial charge in [0, 0.05) is 12.2 Å². The predicted octanol–water partition coefficient (Wildman–Crippen LogP) is 2.00. The minimum Gasteiger partial charge on any atom is -0.352 e. The maximum absolute atomic E-state index is 12.1. The van der Waals surface area contributed by atoms with Crippen LogP contribution in [0.1, 0.15) is 44.3 Å². The van der Waals surface area contributed by atoms with E-state index in [1.54, 1.807) is 6.92 Å². The molecule has 6 heteroatoms. The molecule has 1 saturated carbocycles. The summed E-state index contributed by atoms with van der Waals surface area (Å²) in [5.41, 5.74) is -0.144. The third-order valence-electron chi connectivity index (χ3n) is 3.73. The van der Waals surface area contributed by atoms with Gasteiger partial charge in [-0.2, -0.15) is 0 Å². The third-order valence-corrected chi connectivity index (χ3v) is 4.47. The Bertz CT molecular complexity index is 534. The molecule has 0 aliphatic heterocycles. The molecular formula is C14H20IN3O2. The molecule has 1 aromatic rings. The zero-order valence-electron chi connectivity index (χ0n) is 11.7. The van der Waals surface area contributed by atoms with Gasteiger partial charge < -0.3 is 5.32 Å². The number of amides is 1. The number of aryl methyl sites for hydroxylation is 1. The fourth-order valence-corrected chi connectivity index (χ4v) is 3.01. The number of rotatable bonds is 3. The normalized spacial score (nSPS) is 16.7. The Morgan fingerprint density at radius 1 is 1.40 bits per heavy atom. The van der Waals surface area contributed by atoms with E-state index in [0.29, 0.717) is 9.39 Å². The Hall–Kier alpha value is -0.920. The number of carbonyl (C=O) groups excluding carboxylic acids is 1. The van der Waals surface area contributed by atoms with Crippen LogP contribution in [0.5, 0.6) is 0 Å². The Labute approximate surface area is 132 Å². The second-order valence-electron chi connectivity index (χ2n) is 5.30. The lowest BCUT2D eigenvalue weighted by Gasteiger charge is -2.17. The molecule has 2 rings (SSSR count). The molecule has 0 bridgehead atoms. The van der Waals surface area contributed by atoms with Crippen molar-refractivity contribution in [1.29, 1.82) is 0 Å². The van der Waals surface area contributed by atoms with E-state index in [1.807, 2.05) is 22.6 Å². The number of hydrogen-bond donors (Lipinski definition) is 1. The SMILES string of the molecule is Cc1ncc(I)c(=O)n1CC(=O)NC1CCCCCC1. The smallest absolute Gasteiger partial charge is 0.267 e. The average molecular weight is 389 g/mol. The van der Waals surface area contributed by atoms with E-state index < -0.39 is 0 Å². The van der Waals surface area contributed by atoms with Gasteiger partial charge in [-0.15, -0.1) is 0 Å². The van der Waals surface area contributed by atoms with E-state index in [-0.39, 0.29) is 24.1 Å². The highest BCUT2D eigenvalue weighted by Gasteiger charge is 2.16. The van der Waals surface area contributed by atoms with E-state index in [9.17, 15) is 9.59 Å². The molecule has 1 N–H and O–H groups in total. The van der Waals surface area contributed by atoms with E-state index in [0.717, 1.165) is 12.8 Å². The van der Waals surface area contributed by atoms with Crippen molar-refractivity contribution in [3.8, 4) is 0 Å². The second-order valence-corrected chi connectivity index (χ2v) is 6.46. The maximum Gasteiger partial charge on any atom is 0.267 e. The quantitative estimate of drug-likeness (QED) is 0.636. The zero-order chi connectivity index (χ0) is 14.5. The lowest BCUT2D eigenvalue weighted by molar-refractivity contribution is -0.122. The molecular weight excluding hydrogens is 369 g/mol. The fraction of sp³-hybridized carbons (Fsp3) is 0.643. The first-order valence-electron chi connectivity index (χ1n) is 7.09. The predicted molar refractivity (Wildman–Crippen MR) is 85.6 cm³/mol. The molecule has 1 amide bonds. The van der Waals surface area contributed by atoms with Gasteiger partial charge in [0.1, 0.15) is 12.4 Å². The Morgan fingerprint density at radius 3 is 2.70 bits per heavy atom. The highest BCUT2D eigenvalue weighted by molar-refractivity contribution is 14.1. The topological polar surface area (TPSA) is 64.0 Å². The summed E-state index contributed by atoms with van der Waals surface area (Å²) in [6, 6.07) is 0.261. The van der Waals surface area contributed by atoms with E-state index in [1.165, 1.54) is 36.4 Å². The summed E-state index contributed by atoms with van der Waals surface area (Å²) in [5.74, 6) is 0.484. The first-order valence-corrected chi connectivity index (χ1v) is 8.17. The van der Waals surface area contributed by atoms with Crippen LogP contribution in [0.2, 0.25) is 0 Å². The van der Waals surface area contributed by atoms with Crippen LogP contribution in [0.25, 0.3) is 0 Å². The van der Waals surface area contributed by atoms with E-state index >= 15 is 0 Å². The van der Waals surface area contributed by atoms with Crippen molar-refractivity contribution in [3.63, 3.8) is 0 Å². The molecule has 0 unspecified atom stereocenters. The van der Waals surface area contributed by atoms with Crippen LogP contribution in [0.15, 0.2) is 11.0 Å². The number of nitrogens with one attached hydrogen (secondary N) is 1. The summed E-state index contributed by atoms with van der Waals surface area (Å²) in [5, 5.41) is 3.05. The van der Waals surface area contributed by atoms with Gasteiger partial charge in [0.15, 0.2) is 0 Å². The summed E-state index contributed by atoms with van der Waals surface area (Å²) in [4.78, 5) is 28.2. The minimum atomic E-state index is -0.144. The van der Waals surface area contributed by atoms with Crippen molar-refractivity contribution < 1.29 is 4.79 Å². The second kappa shape index (κ2) is 7.19. The van der Waals surface area contributed by atoms with Crippen molar-refractivity contribution in [1.82, 2.24) is 14.9 Å². The molecule has 0 aromatic carbocycles. The largest absolute Gasteiger partial charge is 0.352 e. The maximum atomic E-state index is 12.1. The van der Waals surface area contributed by atoms with Gasteiger partial charge in [-0.3, -0.25) is 14.2 Å². The first-order chi connectivity index (χ1) is 9.58. The van der Waals surface area contributed by atoms with E-state index in [2.05, 4.69) is 10.3 Å². The number of nitrogens with zero attached hydrogens (tertiary/aromatic N) is 2. The van der Waals surface area contributed by atoms with Crippen molar-refractivity contribution in [3.05, 3.63) is 25.9 Å². The summed E-state index contributed by atoms with van der Waals surface area (Å²) in [7, 11) is 0. The molecule has 1 heterocycles. The molecule has 1 aromatic heterocycles. The molecule has 1 aliphatic rings. The molecule has 5 nitrogen and oxygen atoms in total. The van der Waals surface area contributed by atoms with Crippen molar-refractivity contribution >= 4 is 28.5 Å². The zero-order valence-corrected chi connectivity index (χ0v) is 13.9. The van der Waals surface area contributed by atoms with Crippen LogP contribution >= 0.6 is 22.6 Å². The first kappa shape index (κ1) is 15.5. The monoisotopic (exact) mass is 389 g/mol. The molecule has 110 valence electrons. The Balaban J connectivity index is 2.01. The molecule has 1 fully saturated rings. The summed E-state index contributed by atoms with van der Waals surface area (Å²) >= 11 is 1.95. The van der Waals surface area contributed by atoms with Crippen molar-refractivity contribution in [2.24, 2.45) is 0 Å². The summed E-state index contributed by atoms with van der Waals surface area (Å²) in [6.07, 6.45) is 8.49. The van der Waals surface area contributed by atoms with Crippen LogP contribution in [-0.2, 0) is 11.3 Å². The van der Waals surface area contributed by atoms with Gasteiger partial charge in [0.25, 0.3) is 5.56 Å². The van der Waals surface area contributed by atoms with Crippen LogP contribution in [0.3, 0.4) is 0 Å². The van der Waals surface area contributed by atoms with Gasteiger partial charge in [-0.05, 0) is 42.4 Å². The van der Waals surface area contributed by atoms with Gasteiger partial charge in [-0.1, -0.05) is 25.7 Å². The van der Waals surface area contributed by atoms with Gasteiger partial charge in [0.2, 0.25) is 5.91 Å². The van der Waals surface area contributed by atoms with E-state index in [4.69, 9.17) is 0 Å². The van der Waals surface area contributed by atoms with Crippen LogP contribution < -0.4 is 10.9 Å². The Kier molecular flexibility index (Phi) is 5.56. The molecule has 0 spiro atoms. The molecule has 20 heavy (non-hydrogen) atoms. The lowest BCUT2D eigenvalue weighted by atomic mass is 10.1. The highest BCUT2D eigenvalue weighted by atomic mass is 127. The van der Waals surface area contributed by atoms with Crippen LogP contribution in [0.4, 0.5) is 0 Å². The van der Waals surface area contributed by atoms with Gasteiger partial charge >= 0.3 is 0 Å².